The van der Waals surface area contributed by atoms with E-state index in [9.17, 15) is 27.6 Å². The summed E-state index contributed by atoms with van der Waals surface area (Å²) in [5.41, 5.74) is 0.286. The number of piperazine rings is 1. The third kappa shape index (κ3) is 6.58. The van der Waals surface area contributed by atoms with E-state index in [4.69, 9.17) is 0 Å². The summed E-state index contributed by atoms with van der Waals surface area (Å²) in [5.74, 6) is 0.0196. The van der Waals surface area contributed by atoms with Gasteiger partial charge in [-0.1, -0.05) is 11.8 Å². The van der Waals surface area contributed by atoms with Gasteiger partial charge >= 0.3 is 12.2 Å². The van der Waals surface area contributed by atoms with Gasteiger partial charge in [-0.05, 0) is 44.5 Å². The molecule has 8 nitrogen and oxygen atoms in total. The first-order chi connectivity index (χ1) is 15.9. The zero-order valence-corrected chi connectivity index (χ0v) is 20.0. The molecule has 1 aromatic rings. The number of hydrogen-bond donors (Lipinski definition) is 3. The summed E-state index contributed by atoms with van der Waals surface area (Å²) < 4.78 is 38.1. The Kier molecular flexibility index (Phi) is 7.69. The number of nitrogens with zero attached hydrogens (tertiary/aromatic N) is 2. The average Bonchev–Trinajstić information content (AvgIpc) is 3.04. The maximum absolute atomic E-state index is 12.7. The summed E-state index contributed by atoms with van der Waals surface area (Å²) in [4.78, 5) is 40.0. The van der Waals surface area contributed by atoms with Crippen LogP contribution in [0.1, 0.15) is 39.2 Å². The monoisotopic (exact) mass is 499 g/mol. The number of carbonyl (C=O) groups excluding carboxylic acids is 3. The highest BCUT2D eigenvalue weighted by atomic mass is 32.2. The SMILES string of the molecule is CC(=O)N1CCN(C(=O)CCC2=C(C)SC(C)(NC(=O)Nc3ccc(C(F)(F)F)cc3)N2)CC1. The molecule has 4 amide bonds. The van der Waals surface area contributed by atoms with Gasteiger partial charge in [-0.3, -0.25) is 9.59 Å². The van der Waals surface area contributed by atoms with E-state index in [-0.39, 0.29) is 17.5 Å². The first-order valence-corrected chi connectivity index (χ1v) is 11.6. The molecule has 0 aliphatic carbocycles. The third-order valence-electron chi connectivity index (χ3n) is 5.66. The fourth-order valence-corrected chi connectivity index (χ4v) is 5.05. The minimum atomic E-state index is -4.44. The molecule has 2 aliphatic heterocycles. The molecule has 1 unspecified atom stereocenters. The van der Waals surface area contributed by atoms with Crippen LogP contribution < -0.4 is 16.0 Å². The number of thioether (sulfide) groups is 1. The van der Waals surface area contributed by atoms with Crippen LogP contribution in [0.15, 0.2) is 34.9 Å². The Hall–Kier alpha value is -2.89. The highest BCUT2D eigenvalue weighted by Gasteiger charge is 2.35. The Morgan fingerprint density at radius 2 is 1.68 bits per heavy atom. The molecule has 3 N–H and O–H groups in total. The molecule has 1 aromatic carbocycles. The van der Waals surface area contributed by atoms with E-state index in [1.54, 1.807) is 16.7 Å². The minimum Gasteiger partial charge on any atom is -0.357 e. The van der Waals surface area contributed by atoms with Gasteiger partial charge in [0.05, 0.1) is 5.56 Å². The van der Waals surface area contributed by atoms with Gasteiger partial charge in [0.1, 0.15) is 0 Å². The number of alkyl halides is 3. The van der Waals surface area contributed by atoms with Crippen molar-refractivity contribution in [3.63, 3.8) is 0 Å². The second kappa shape index (κ2) is 10.2. The topological polar surface area (TPSA) is 93.8 Å². The summed E-state index contributed by atoms with van der Waals surface area (Å²) in [6.45, 7) is 7.28. The molecule has 3 rings (SSSR count). The number of benzene rings is 1. The minimum absolute atomic E-state index is 0.00852. The molecule has 0 spiro atoms. The smallest absolute Gasteiger partial charge is 0.357 e. The van der Waals surface area contributed by atoms with Crippen molar-refractivity contribution in [1.29, 1.82) is 0 Å². The molecule has 2 aliphatic rings. The maximum atomic E-state index is 12.7. The van der Waals surface area contributed by atoms with Crippen molar-refractivity contribution >= 4 is 35.3 Å². The number of carbonyl (C=O) groups is 3. The normalized spacial score (nSPS) is 20.8. The van der Waals surface area contributed by atoms with Crippen LogP contribution in [0.2, 0.25) is 0 Å². The second-order valence-electron chi connectivity index (χ2n) is 8.34. The van der Waals surface area contributed by atoms with Gasteiger partial charge in [0, 0.05) is 55.8 Å². The van der Waals surface area contributed by atoms with E-state index in [0.29, 0.717) is 39.0 Å². The van der Waals surface area contributed by atoms with Crippen molar-refractivity contribution in [2.45, 2.75) is 44.8 Å². The molecule has 34 heavy (non-hydrogen) atoms. The van der Waals surface area contributed by atoms with E-state index >= 15 is 0 Å². The number of allylic oxidation sites excluding steroid dienone is 2. The number of urea groups is 1. The highest BCUT2D eigenvalue weighted by molar-refractivity contribution is 8.04. The molecule has 0 saturated carbocycles. The predicted octanol–water partition coefficient (Wildman–Crippen LogP) is 3.54. The van der Waals surface area contributed by atoms with Crippen LogP contribution in [0.4, 0.5) is 23.7 Å². The Balaban J connectivity index is 1.47. The average molecular weight is 500 g/mol. The molecule has 0 bridgehead atoms. The molecular weight excluding hydrogens is 471 g/mol. The van der Waals surface area contributed by atoms with E-state index in [0.717, 1.165) is 22.7 Å². The number of anilines is 1. The van der Waals surface area contributed by atoms with Gasteiger partial charge in [0.2, 0.25) is 11.8 Å². The van der Waals surface area contributed by atoms with Crippen LogP contribution in [-0.4, -0.2) is 58.8 Å². The van der Waals surface area contributed by atoms with E-state index in [1.165, 1.54) is 30.8 Å². The Morgan fingerprint density at radius 3 is 2.24 bits per heavy atom. The predicted molar refractivity (Wildman–Crippen MR) is 123 cm³/mol. The lowest BCUT2D eigenvalue weighted by Crippen LogP contribution is -2.52. The van der Waals surface area contributed by atoms with Crippen molar-refractivity contribution in [2.24, 2.45) is 0 Å². The zero-order valence-electron chi connectivity index (χ0n) is 19.2. The van der Waals surface area contributed by atoms with E-state index in [2.05, 4.69) is 16.0 Å². The van der Waals surface area contributed by atoms with Gasteiger partial charge in [0.25, 0.3) is 0 Å². The van der Waals surface area contributed by atoms with Crippen molar-refractivity contribution in [3.8, 4) is 0 Å². The molecule has 2 heterocycles. The maximum Gasteiger partial charge on any atom is 0.416 e. The molecule has 0 radical (unpaired) electrons. The van der Waals surface area contributed by atoms with E-state index < -0.39 is 22.8 Å². The molecule has 0 aromatic heterocycles. The van der Waals surface area contributed by atoms with Crippen LogP contribution in [0.25, 0.3) is 0 Å². The number of halogens is 3. The molecule has 1 saturated heterocycles. The van der Waals surface area contributed by atoms with Crippen LogP contribution in [0.5, 0.6) is 0 Å². The first-order valence-electron chi connectivity index (χ1n) is 10.8. The molecule has 1 atom stereocenters. The number of amides is 4. The Morgan fingerprint density at radius 1 is 1.09 bits per heavy atom. The summed E-state index contributed by atoms with van der Waals surface area (Å²) in [6.07, 6.45) is -3.67. The molecule has 1 fully saturated rings. The van der Waals surface area contributed by atoms with Crippen LogP contribution >= 0.6 is 11.8 Å². The fraction of sp³-hybridized carbons (Fsp3) is 0.500. The lowest BCUT2D eigenvalue weighted by molar-refractivity contribution is -0.138. The second-order valence-corrected chi connectivity index (χ2v) is 9.97. The van der Waals surface area contributed by atoms with E-state index in [1.807, 2.05) is 6.92 Å². The largest absolute Gasteiger partial charge is 0.416 e. The number of nitrogens with one attached hydrogen (secondary N) is 3. The van der Waals surface area contributed by atoms with Gasteiger partial charge in [-0.15, -0.1) is 0 Å². The van der Waals surface area contributed by atoms with Crippen molar-refractivity contribution in [2.75, 3.05) is 31.5 Å². The van der Waals surface area contributed by atoms with Gasteiger partial charge in [-0.2, -0.15) is 13.2 Å². The van der Waals surface area contributed by atoms with Crippen molar-refractivity contribution in [3.05, 3.63) is 40.4 Å². The quantitative estimate of drug-likeness (QED) is 0.576. The standard InChI is InChI=1S/C22H28F3N5O3S/c1-14-18(8-9-19(32)30-12-10-29(11-13-30)15(2)31)27-21(3,34-14)28-20(33)26-17-6-4-16(5-7-17)22(23,24)25/h4-7,27H,8-13H2,1-3H3,(H2,26,28,33). The molecule has 12 heteroatoms. The van der Waals surface area contributed by atoms with Gasteiger partial charge in [-0.25, -0.2) is 4.79 Å². The zero-order chi connectivity index (χ0) is 25.1. The lowest BCUT2D eigenvalue weighted by atomic mass is 10.2. The summed E-state index contributed by atoms with van der Waals surface area (Å²) in [6, 6.07) is 3.62. The summed E-state index contributed by atoms with van der Waals surface area (Å²) in [7, 11) is 0. The van der Waals surface area contributed by atoms with Crippen molar-refractivity contribution < 1.29 is 27.6 Å². The first kappa shape index (κ1) is 25.7. The molecule has 186 valence electrons. The third-order valence-corrected chi connectivity index (χ3v) is 6.83. The number of hydrogen-bond acceptors (Lipinski definition) is 5. The summed E-state index contributed by atoms with van der Waals surface area (Å²) >= 11 is 1.39. The Labute approximate surface area is 200 Å². The summed E-state index contributed by atoms with van der Waals surface area (Å²) in [5, 5.41) is 8.55. The molecular formula is C22H28F3N5O3S. The van der Waals surface area contributed by atoms with Gasteiger partial charge in [0.15, 0.2) is 4.99 Å². The number of rotatable bonds is 5. The Bertz CT molecular complexity index is 975. The van der Waals surface area contributed by atoms with Crippen LogP contribution in [-0.2, 0) is 15.8 Å². The van der Waals surface area contributed by atoms with Crippen LogP contribution in [0.3, 0.4) is 0 Å². The highest BCUT2D eigenvalue weighted by Crippen LogP contribution is 2.38. The van der Waals surface area contributed by atoms with Crippen LogP contribution in [0, 0.1) is 0 Å². The van der Waals surface area contributed by atoms with Crippen molar-refractivity contribution in [1.82, 2.24) is 20.4 Å². The fourth-order valence-electron chi connectivity index (χ4n) is 3.85. The lowest BCUT2D eigenvalue weighted by Gasteiger charge is -2.34. The van der Waals surface area contributed by atoms with Gasteiger partial charge < -0.3 is 25.8 Å².